The topological polar surface area (TPSA) is 78.0 Å². The maximum absolute atomic E-state index is 12.8. The summed E-state index contributed by atoms with van der Waals surface area (Å²) < 4.78 is 1.41. The summed E-state index contributed by atoms with van der Waals surface area (Å²) in [5, 5.41) is 11.4. The number of nitro groups is 1. The van der Waals surface area contributed by atoms with E-state index in [0.717, 1.165) is 0 Å². The number of halogens is 1. The Hall–Kier alpha value is -2.73. The first kappa shape index (κ1) is 15.2. The van der Waals surface area contributed by atoms with E-state index in [9.17, 15) is 14.9 Å². The van der Waals surface area contributed by atoms with E-state index in [1.807, 2.05) is 13.0 Å². The fourth-order valence-corrected chi connectivity index (χ4v) is 2.71. The van der Waals surface area contributed by atoms with Crippen LogP contribution >= 0.6 is 11.6 Å². The summed E-state index contributed by atoms with van der Waals surface area (Å²) in [5.41, 5.74) is 0.628. The van der Waals surface area contributed by atoms with E-state index in [4.69, 9.17) is 11.6 Å². The highest BCUT2D eigenvalue weighted by Gasteiger charge is 2.16. The van der Waals surface area contributed by atoms with Crippen molar-refractivity contribution in [2.75, 3.05) is 0 Å². The molecule has 2 aromatic carbocycles. The first-order valence-corrected chi connectivity index (χ1v) is 7.35. The smallest absolute Gasteiger partial charge is 0.268 e. The average Bonchev–Trinajstić information content (AvgIpc) is 2.55. The van der Waals surface area contributed by atoms with Crippen molar-refractivity contribution < 1.29 is 4.92 Å². The van der Waals surface area contributed by atoms with Gasteiger partial charge >= 0.3 is 0 Å². The minimum Gasteiger partial charge on any atom is -0.268 e. The zero-order valence-electron chi connectivity index (χ0n) is 12.2. The van der Waals surface area contributed by atoms with Crippen molar-refractivity contribution in [1.82, 2.24) is 9.55 Å². The molecule has 0 bridgehead atoms. The van der Waals surface area contributed by atoms with Crippen LogP contribution in [-0.4, -0.2) is 14.5 Å². The Labute approximate surface area is 136 Å². The van der Waals surface area contributed by atoms with Gasteiger partial charge in [0.05, 0.1) is 26.5 Å². The second-order valence-corrected chi connectivity index (χ2v) is 5.34. The molecular weight excluding hydrogens is 318 g/mol. The minimum absolute atomic E-state index is 0.126. The molecule has 0 aliphatic heterocycles. The van der Waals surface area contributed by atoms with Gasteiger partial charge < -0.3 is 0 Å². The van der Waals surface area contributed by atoms with Crippen LogP contribution in [-0.2, 0) is 6.42 Å². The number of non-ortho nitro benzene ring substituents is 1. The average molecular weight is 330 g/mol. The molecule has 23 heavy (non-hydrogen) atoms. The number of aryl methyl sites for hydroxylation is 1. The lowest BCUT2D eigenvalue weighted by atomic mass is 10.2. The maximum Gasteiger partial charge on any atom is 0.271 e. The van der Waals surface area contributed by atoms with Crippen LogP contribution in [0.25, 0.3) is 16.6 Å². The maximum atomic E-state index is 12.8. The van der Waals surface area contributed by atoms with Crippen molar-refractivity contribution in [3.8, 4) is 5.69 Å². The molecule has 0 aliphatic rings. The van der Waals surface area contributed by atoms with Crippen molar-refractivity contribution in [2.24, 2.45) is 0 Å². The van der Waals surface area contributed by atoms with Crippen LogP contribution in [0.15, 0.2) is 47.3 Å². The van der Waals surface area contributed by atoms with Crippen LogP contribution in [0.5, 0.6) is 0 Å². The van der Waals surface area contributed by atoms with Crippen molar-refractivity contribution in [1.29, 1.82) is 0 Å². The molecule has 1 heterocycles. The summed E-state index contributed by atoms with van der Waals surface area (Å²) in [7, 11) is 0. The number of aromatic nitrogens is 2. The molecule has 0 saturated carbocycles. The Morgan fingerprint density at radius 2 is 2.00 bits per heavy atom. The van der Waals surface area contributed by atoms with E-state index >= 15 is 0 Å². The highest BCUT2D eigenvalue weighted by molar-refractivity contribution is 6.32. The van der Waals surface area contributed by atoms with Crippen LogP contribution < -0.4 is 5.56 Å². The third-order valence-electron chi connectivity index (χ3n) is 3.54. The minimum atomic E-state index is -0.530. The largest absolute Gasteiger partial charge is 0.271 e. The standard InChI is InChI=1S/C16H12ClN3O3/c1-2-15-18-13-6-4-3-5-11(13)16(21)19(15)14-8-7-10(20(22)23)9-12(14)17/h3-9H,2H2,1H3. The molecule has 6 nitrogen and oxygen atoms in total. The summed E-state index contributed by atoms with van der Waals surface area (Å²) in [5.74, 6) is 0.546. The number of nitro benzene ring substituents is 1. The number of benzene rings is 2. The van der Waals surface area contributed by atoms with Gasteiger partial charge in [-0.1, -0.05) is 30.7 Å². The highest BCUT2D eigenvalue weighted by Crippen LogP contribution is 2.26. The van der Waals surface area contributed by atoms with Gasteiger partial charge in [0.15, 0.2) is 0 Å². The quantitative estimate of drug-likeness (QED) is 0.544. The molecule has 0 spiro atoms. The predicted molar refractivity (Wildman–Crippen MR) is 88.4 cm³/mol. The van der Waals surface area contributed by atoms with Crippen LogP contribution in [0, 0.1) is 10.1 Å². The van der Waals surface area contributed by atoms with E-state index in [2.05, 4.69) is 4.98 Å². The highest BCUT2D eigenvalue weighted by atomic mass is 35.5. The summed E-state index contributed by atoms with van der Waals surface area (Å²) in [6.45, 7) is 1.88. The number of hydrogen-bond donors (Lipinski definition) is 0. The molecule has 0 saturated heterocycles. The summed E-state index contributed by atoms with van der Waals surface area (Å²) >= 11 is 6.17. The van der Waals surface area contributed by atoms with Crippen molar-refractivity contribution in [3.05, 3.63) is 73.8 Å². The summed E-state index contributed by atoms with van der Waals surface area (Å²) in [6.07, 6.45) is 0.521. The number of fused-ring (bicyclic) bond motifs is 1. The molecule has 3 aromatic rings. The lowest BCUT2D eigenvalue weighted by Gasteiger charge is -2.13. The molecule has 3 rings (SSSR count). The summed E-state index contributed by atoms with van der Waals surface area (Å²) in [6, 6.07) is 11.1. The lowest BCUT2D eigenvalue weighted by Crippen LogP contribution is -2.23. The van der Waals surface area contributed by atoms with Gasteiger partial charge in [-0.05, 0) is 18.2 Å². The number of rotatable bonds is 3. The molecule has 0 aliphatic carbocycles. The third-order valence-corrected chi connectivity index (χ3v) is 3.85. The van der Waals surface area contributed by atoms with Gasteiger partial charge in [0.2, 0.25) is 0 Å². The van der Waals surface area contributed by atoms with Crippen molar-refractivity contribution >= 4 is 28.2 Å². The molecule has 0 N–H and O–H groups in total. The van der Waals surface area contributed by atoms with E-state index < -0.39 is 4.92 Å². The fourth-order valence-electron chi connectivity index (χ4n) is 2.46. The molecule has 116 valence electrons. The molecular formula is C16H12ClN3O3. The molecule has 0 amide bonds. The Balaban J connectivity index is 2.33. The molecule has 0 radical (unpaired) electrons. The Kier molecular flexibility index (Phi) is 3.83. The zero-order valence-corrected chi connectivity index (χ0v) is 12.9. The van der Waals surface area contributed by atoms with E-state index in [-0.39, 0.29) is 16.3 Å². The first-order valence-electron chi connectivity index (χ1n) is 6.98. The zero-order chi connectivity index (χ0) is 16.6. The Morgan fingerprint density at radius 3 is 2.65 bits per heavy atom. The Morgan fingerprint density at radius 1 is 1.26 bits per heavy atom. The molecule has 0 unspecified atom stereocenters. The normalized spacial score (nSPS) is 10.9. The van der Waals surface area contributed by atoms with E-state index in [1.54, 1.807) is 18.2 Å². The van der Waals surface area contributed by atoms with Gasteiger partial charge in [0.25, 0.3) is 11.2 Å². The Bertz CT molecular complexity index is 982. The fraction of sp³-hybridized carbons (Fsp3) is 0.125. The molecule has 0 atom stereocenters. The predicted octanol–water partition coefficient (Wildman–Crippen LogP) is 3.51. The molecule has 0 fully saturated rings. The second-order valence-electron chi connectivity index (χ2n) is 4.93. The molecule has 1 aromatic heterocycles. The van der Waals surface area contributed by atoms with Crippen LogP contribution in [0.2, 0.25) is 5.02 Å². The van der Waals surface area contributed by atoms with Gasteiger partial charge in [0.1, 0.15) is 5.82 Å². The first-order chi connectivity index (χ1) is 11.0. The van der Waals surface area contributed by atoms with Crippen LogP contribution in [0.4, 0.5) is 5.69 Å². The van der Waals surface area contributed by atoms with Gasteiger partial charge in [-0.3, -0.25) is 19.5 Å². The lowest BCUT2D eigenvalue weighted by molar-refractivity contribution is -0.384. The van der Waals surface area contributed by atoms with Crippen molar-refractivity contribution in [3.63, 3.8) is 0 Å². The van der Waals surface area contributed by atoms with Crippen LogP contribution in [0.3, 0.4) is 0 Å². The number of nitrogens with zero attached hydrogens (tertiary/aromatic N) is 3. The number of para-hydroxylation sites is 1. The van der Waals surface area contributed by atoms with E-state index in [0.29, 0.717) is 28.8 Å². The summed E-state index contributed by atoms with van der Waals surface area (Å²) in [4.78, 5) is 27.6. The van der Waals surface area contributed by atoms with Crippen LogP contribution in [0.1, 0.15) is 12.7 Å². The second kappa shape index (κ2) is 5.81. The monoisotopic (exact) mass is 329 g/mol. The third kappa shape index (κ3) is 2.57. The van der Waals surface area contributed by atoms with Crippen molar-refractivity contribution in [2.45, 2.75) is 13.3 Å². The van der Waals surface area contributed by atoms with Gasteiger partial charge in [-0.2, -0.15) is 0 Å². The van der Waals surface area contributed by atoms with Gasteiger partial charge in [-0.15, -0.1) is 0 Å². The van der Waals surface area contributed by atoms with E-state index in [1.165, 1.54) is 22.8 Å². The molecule has 7 heteroatoms. The van der Waals surface area contributed by atoms with Gasteiger partial charge in [-0.25, -0.2) is 4.98 Å². The SMILES string of the molecule is CCc1nc2ccccc2c(=O)n1-c1ccc([N+](=O)[O-])cc1Cl. The van der Waals surface area contributed by atoms with Gasteiger partial charge in [0, 0.05) is 18.6 Å². The number of hydrogen-bond acceptors (Lipinski definition) is 4.